The number of hydrogen-bond acceptors (Lipinski definition) is 2. The van der Waals surface area contributed by atoms with Crippen LogP contribution in [0.5, 0.6) is 0 Å². The molecule has 0 bridgehead atoms. The van der Waals surface area contributed by atoms with Gasteiger partial charge in [0.2, 0.25) is 0 Å². The van der Waals surface area contributed by atoms with E-state index < -0.39 is 5.97 Å². The first kappa shape index (κ1) is 10.5. The normalized spacial score (nSPS) is 19.0. The zero-order valence-electron chi connectivity index (χ0n) is 8.42. The van der Waals surface area contributed by atoms with E-state index >= 15 is 0 Å². The first-order valence-corrected chi connectivity index (χ1v) is 5.07. The lowest BCUT2D eigenvalue weighted by atomic mass is 10.0. The molecule has 1 fully saturated rings. The van der Waals surface area contributed by atoms with Crippen molar-refractivity contribution in [1.82, 2.24) is 5.32 Å². The van der Waals surface area contributed by atoms with Crippen LogP contribution in [0.4, 0.5) is 0 Å². The van der Waals surface area contributed by atoms with Gasteiger partial charge in [-0.1, -0.05) is 26.7 Å². The van der Waals surface area contributed by atoms with Crippen LogP contribution in [0.2, 0.25) is 0 Å². The van der Waals surface area contributed by atoms with Gasteiger partial charge in [-0.25, -0.2) is 0 Å². The van der Waals surface area contributed by atoms with Crippen molar-refractivity contribution in [3.63, 3.8) is 0 Å². The second-order valence-electron chi connectivity index (χ2n) is 4.25. The van der Waals surface area contributed by atoms with Gasteiger partial charge in [0, 0.05) is 0 Å². The highest BCUT2D eigenvalue weighted by Gasteiger charge is 2.23. The summed E-state index contributed by atoms with van der Waals surface area (Å²) >= 11 is 0. The summed E-state index contributed by atoms with van der Waals surface area (Å²) in [6.07, 6.45) is 3.80. The van der Waals surface area contributed by atoms with Gasteiger partial charge in [-0.05, 0) is 24.8 Å². The van der Waals surface area contributed by atoms with Crippen LogP contribution < -0.4 is 5.32 Å². The molecule has 1 atom stereocenters. The second kappa shape index (κ2) is 4.61. The molecule has 0 aliphatic heterocycles. The average molecular weight is 185 g/mol. The number of carboxylic acids is 1. The van der Waals surface area contributed by atoms with Crippen LogP contribution in [0.15, 0.2) is 0 Å². The zero-order valence-corrected chi connectivity index (χ0v) is 8.42. The van der Waals surface area contributed by atoms with Crippen molar-refractivity contribution >= 4 is 5.97 Å². The number of nitrogens with one attached hydrogen (secondary N) is 1. The van der Waals surface area contributed by atoms with Crippen molar-refractivity contribution in [2.75, 3.05) is 6.54 Å². The summed E-state index contributed by atoms with van der Waals surface area (Å²) in [7, 11) is 0. The Labute approximate surface area is 79.5 Å². The van der Waals surface area contributed by atoms with Crippen LogP contribution in [-0.4, -0.2) is 23.7 Å². The summed E-state index contributed by atoms with van der Waals surface area (Å²) in [5.74, 6) is 0.302. The lowest BCUT2D eigenvalue weighted by Crippen LogP contribution is -2.41. The van der Waals surface area contributed by atoms with Crippen LogP contribution in [-0.2, 0) is 4.79 Å². The molecule has 1 aliphatic carbocycles. The van der Waals surface area contributed by atoms with Crippen LogP contribution in [0.25, 0.3) is 0 Å². The first-order chi connectivity index (χ1) is 6.11. The van der Waals surface area contributed by atoms with Gasteiger partial charge in [0.1, 0.15) is 6.04 Å². The Morgan fingerprint density at radius 3 is 2.54 bits per heavy atom. The van der Waals surface area contributed by atoms with Gasteiger partial charge in [0.25, 0.3) is 0 Å². The molecule has 0 aromatic carbocycles. The average Bonchev–Trinajstić information content (AvgIpc) is 2.79. The van der Waals surface area contributed by atoms with Gasteiger partial charge in [-0.3, -0.25) is 4.79 Å². The lowest BCUT2D eigenvalue weighted by molar-refractivity contribution is -0.140. The molecule has 0 radical (unpaired) electrons. The third-order valence-electron chi connectivity index (χ3n) is 2.55. The fourth-order valence-electron chi connectivity index (χ4n) is 1.46. The van der Waals surface area contributed by atoms with Crippen molar-refractivity contribution in [1.29, 1.82) is 0 Å². The molecule has 1 saturated carbocycles. The predicted molar refractivity (Wildman–Crippen MR) is 51.6 cm³/mol. The van der Waals surface area contributed by atoms with Crippen molar-refractivity contribution in [3.8, 4) is 0 Å². The molecule has 1 rings (SSSR count). The van der Waals surface area contributed by atoms with Crippen LogP contribution in [0.1, 0.15) is 33.1 Å². The van der Waals surface area contributed by atoms with Crippen LogP contribution in [0.3, 0.4) is 0 Å². The lowest BCUT2D eigenvalue weighted by Gasteiger charge is -2.17. The summed E-state index contributed by atoms with van der Waals surface area (Å²) in [5, 5.41) is 12.0. The molecule has 2 N–H and O–H groups in total. The highest BCUT2D eigenvalue weighted by atomic mass is 16.4. The number of hydrogen-bond donors (Lipinski definition) is 2. The number of rotatable bonds is 6. The van der Waals surface area contributed by atoms with E-state index in [0.29, 0.717) is 0 Å². The summed E-state index contributed by atoms with van der Waals surface area (Å²) < 4.78 is 0. The molecule has 1 aliphatic rings. The van der Waals surface area contributed by atoms with E-state index in [0.717, 1.165) is 18.9 Å². The third-order valence-corrected chi connectivity index (χ3v) is 2.55. The summed E-state index contributed by atoms with van der Waals surface area (Å²) in [6.45, 7) is 4.71. The standard InChI is InChI=1S/C10H19NO2/c1-7(2)9(10(12)13)11-6-5-8-3-4-8/h7-9,11H,3-6H2,1-2H3,(H,12,13). The largest absolute Gasteiger partial charge is 0.480 e. The first-order valence-electron chi connectivity index (χ1n) is 5.07. The molecule has 0 saturated heterocycles. The molecule has 3 heteroatoms. The molecule has 0 heterocycles. The van der Waals surface area contributed by atoms with E-state index in [1.54, 1.807) is 0 Å². The van der Waals surface area contributed by atoms with Crippen LogP contribution >= 0.6 is 0 Å². The Hall–Kier alpha value is -0.570. The second-order valence-corrected chi connectivity index (χ2v) is 4.25. The van der Waals surface area contributed by atoms with Crippen molar-refractivity contribution < 1.29 is 9.90 Å². The maximum absolute atomic E-state index is 10.8. The molecule has 0 spiro atoms. The van der Waals surface area contributed by atoms with Gasteiger partial charge in [-0.15, -0.1) is 0 Å². The Kier molecular flexibility index (Phi) is 3.72. The summed E-state index contributed by atoms with van der Waals surface area (Å²) in [6, 6.07) is -0.376. The zero-order chi connectivity index (χ0) is 9.84. The van der Waals surface area contributed by atoms with E-state index in [9.17, 15) is 4.79 Å². The van der Waals surface area contributed by atoms with E-state index in [1.807, 2.05) is 13.8 Å². The fourth-order valence-corrected chi connectivity index (χ4v) is 1.46. The Morgan fingerprint density at radius 1 is 1.54 bits per heavy atom. The van der Waals surface area contributed by atoms with Gasteiger partial charge >= 0.3 is 5.97 Å². The van der Waals surface area contributed by atoms with E-state index in [4.69, 9.17) is 5.11 Å². The molecule has 0 aromatic rings. The topological polar surface area (TPSA) is 49.3 Å². The van der Waals surface area contributed by atoms with Gasteiger partial charge in [-0.2, -0.15) is 0 Å². The molecule has 76 valence electrons. The minimum atomic E-state index is -0.731. The van der Waals surface area contributed by atoms with Gasteiger partial charge in [0.05, 0.1) is 0 Å². The van der Waals surface area contributed by atoms with Gasteiger partial charge in [0.15, 0.2) is 0 Å². The van der Waals surface area contributed by atoms with E-state index in [-0.39, 0.29) is 12.0 Å². The SMILES string of the molecule is CC(C)C(NCCC1CC1)C(=O)O. The fraction of sp³-hybridized carbons (Fsp3) is 0.900. The highest BCUT2D eigenvalue weighted by Crippen LogP contribution is 2.31. The summed E-state index contributed by atoms with van der Waals surface area (Å²) in [5.41, 5.74) is 0. The minimum Gasteiger partial charge on any atom is -0.480 e. The molecule has 0 amide bonds. The number of carboxylic acid groups (broad SMARTS) is 1. The predicted octanol–water partition coefficient (Wildman–Crippen LogP) is 1.49. The van der Waals surface area contributed by atoms with Crippen molar-refractivity contribution in [2.45, 2.75) is 39.2 Å². The minimum absolute atomic E-state index is 0.164. The van der Waals surface area contributed by atoms with E-state index in [2.05, 4.69) is 5.32 Å². The molecular weight excluding hydrogens is 166 g/mol. The Bertz CT molecular complexity index is 176. The highest BCUT2D eigenvalue weighted by molar-refractivity contribution is 5.73. The number of carbonyl (C=O) groups is 1. The smallest absolute Gasteiger partial charge is 0.320 e. The Balaban J connectivity index is 2.16. The van der Waals surface area contributed by atoms with E-state index in [1.165, 1.54) is 12.8 Å². The van der Waals surface area contributed by atoms with Gasteiger partial charge < -0.3 is 10.4 Å². The molecule has 13 heavy (non-hydrogen) atoms. The molecule has 0 aromatic heterocycles. The molecule has 1 unspecified atom stereocenters. The monoisotopic (exact) mass is 185 g/mol. The van der Waals surface area contributed by atoms with Crippen LogP contribution in [0, 0.1) is 11.8 Å². The number of aliphatic carboxylic acids is 1. The third kappa shape index (κ3) is 3.77. The summed E-state index contributed by atoms with van der Waals surface area (Å²) in [4.78, 5) is 10.8. The quantitative estimate of drug-likeness (QED) is 0.659. The maximum Gasteiger partial charge on any atom is 0.320 e. The molecular formula is C10H19NO2. The Morgan fingerprint density at radius 2 is 2.15 bits per heavy atom. The van der Waals surface area contributed by atoms with Crippen molar-refractivity contribution in [3.05, 3.63) is 0 Å². The maximum atomic E-state index is 10.8. The molecule has 3 nitrogen and oxygen atoms in total. The van der Waals surface area contributed by atoms with Crippen molar-refractivity contribution in [2.24, 2.45) is 11.8 Å².